The molecule has 1 aromatic carbocycles. The molecule has 0 aliphatic carbocycles. The van der Waals surface area contributed by atoms with Gasteiger partial charge in [-0.3, -0.25) is 19.1 Å². The second kappa shape index (κ2) is 9.56. The normalized spacial score (nSPS) is 11.7. The van der Waals surface area contributed by atoms with E-state index >= 15 is 0 Å². The van der Waals surface area contributed by atoms with Gasteiger partial charge in [0.05, 0.1) is 11.7 Å². The van der Waals surface area contributed by atoms with Crippen molar-refractivity contribution in [1.82, 2.24) is 39.6 Å². The number of benzene rings is 1. The molecule has 0 saturated carbocycles. The molecule has 12 nitrogen and oxygen atoms in total. The van der Waals surface area contributed by atoms with Crippen molar-refractivity contribution in [3.63, 3.8) is 0 Å². The number of nitrogens with zero attached hydrogens (tertiary/aromatic N) is 7. The Hall–Kier alpha value is -5.83. The molecule has 0 spiro atoms. The van der Waals surface area contributed by atoms with Crippen LogP contribution >= 0.6 is 0 Å². The molecule has 0 aliphatic heterocycles. The lowest BCUT2D eigenvalue weighted by Crippen LogP contribution is -2.33. The number of rotatable bonds is 4. The van der Waals surface area contributed by atoms with Crippen LogP contribution in [0.25, 0.3) is 22.4 Å². The number of hydrogen-bond acceptors (Lipinski definition) is 9. The molecule has 190 valence electrons. The molecule has 6 rings (SSSR count). The number of hydrogen-bond donors (Lipinski definition) is 2. The van der Waals surface area contributed by atoms with E-state index in [1.165, 1.54) is 15.3 Å². The van der Waals surface area contributed by atoms with Gasteiger partial charge in [0, 0.05) is 30.4 Å². The molecule has 5 heterocycles. The number of pyridine rings is 1. The smallest absolute Gasteiger partial charge is 0.272 e. The summed E-state index contributed by atoms with van der Waals surface area (Å²) >= 11 is 0. The van der Waals surface area contributed by atoms with Crippen molar-refractivity contribution in [2.45, 2.75) is 13.0 Å². The maximum absolute atomic E-state index is 13.9. The second-order valence-electron chi connectivity index (χ2n) is 8.49. The zero-order chi connectivity index (χ0) is 26.9. The molecule has 0 saturated heterocycles. The highest BCUT2D eigenvalue weighted by atomic mass is 16.5. The van der Waals surface area contributed by atoms with Gasteiger partial charge in [-0.1, -0.05) is 29.3 Å². The summed E-state index contributed by atoms with van der Waals surface area (Å²) in [6.45, 7) is 1.70. The fourth-order valence-electron chi connectivity index (χ4n) is 4.14. The first-order chi connectivity index (χ1) is 19.0. The average Bonchev–Trinajstić information content (AvgIpc) is 3.52. The van der Waals surface area contributed by atoms with Crippen LogP contribution in [0.1, 0.15) is 40.4 Å². The van der Waals surface area contributed by atoms with E-state index in [2.05, 4.69) is 42.4 Å². The molecule has 1 atom stereocenters. The monoisotopic (exact) mass is 517 g/mol. The predicted molar refractivity (Wildman–Crippen MR) is 141 cm³/mol. The van der Waals surface area contributed by atoms with Gasteiger partial charge in [-0.15, -0.1) is 5.10 Å². The molecule has 5 aromatic heterocycles. The summed E-state index contributed by atoms with van der Waals surface area (Å²) in [4.78, 5) is 39.9. The minimum absolute atomic E-state index is 0.000489. The van der Waals surface area contributed by atoms with Gasteiger partial charge in [-0.2, -0.15) is 4.98 Å². The molecular formula is C27H19N9O3. The molecule has 0 radical (unpaired) electrons. The number of nitrogens with two attached hydrogens (primary N) is 1. The van der Waals surface area contributed by atoms with E-state index in [9.17, 15) is 9.59 Å². The Morgan fingerprint density at radius 1 is 1.08 bits per heavy atom. The number of carbonyl (C=O) groups excluding carboxylic acids is 1. The number of nitrogens with one attached hydrogen (secondary N) is 1. The van der Waals surface area contributed by atoms with Gasteiger partial charge in [0.25, 0.3) is 17.2 Å². The van der Waals surface area contributed by atoms with E-state index in [-0.39, 0.29) is 34.0 Å². The Labute approximate surface area is 220 Å². The summed E-state index contributed by atoms with van der Waals surface area (Å²) in [6, 6.07) is 13.3. The Balaban J connectivity index is 1.45. The third-order valence-electron chi connectivity index (χ3n) is 5.94. The van der Waals surface area contributed by atoms with Gasteiger partial charge >= 0.3 is 0 Å². The average molecular weight is 518 g/mol. The Morgan fingerprint density at radius 3 is 2.67 bits per heavy atom. The molecule has 12 heteroatoms. The number of anilines is 1. The molecule has 0 bridgehead atoms. The predicted octanol–water partition coefficient (Wildman–Crippen LogP) is 2.28. The van der Waals surface area contributed by atoms with Crippen LogP contribution < -0.4 is 16.6 Å². The summed E-state index contributed by atoms with van der Waals surface area (Å²) in [5.74, 6) is 5.57. The molecule has 0 aliphatic rings. The molecular weight excluding hydrogens is 498 g/mol. The highest BCUT2D eigenvalue weighted by molar-refractivity contribution is 6.04. The minimum atomic E-state index is -0.760. The summed E-state index contributed by atoms with van der Waals surface area (Å²) in [5, 5.41) is 11.1. The van der Waals surface area contributed by atoms with Crippen molar-refractivity contribution in [1.29, 1.82) is 0 Å². The van der Waals surface area contributed by atoms with Crippen LogP contribution in [-0.2, 0) is 0 Å². The standard InChI is InChI=1S/C27H19N9O3/c1-16(31-25(37)21-22(28)33-35-15-5-12-30-24(21)35)23-32-26-20(27(38)36(23)18-6-3-2-4-7-18)19(34-39-26)9-8-17-10-13-29-14-11-17/h2-7,10-16H,1H3,(H2,28,33)(H,31,37). The van der Waals surface area contributed by atoms with Crippen molar-refractivity contribution >= 4 is 28.5 Å². The minimum Gasteiger partial charge on any atom is -0.381 e. The van der Waals surface area contributed by atoms with Crippen LogP contribution in [0, 0.1) is 11.8 Å². The van der Waals surface area contributed by atoms with E-state index in [1.807, 2.05) is 6.07 Å². The third-order valence-corrected chi connectivity index (χ3v) is 5.94. The van der Waals surface area contributed by atoms with Gasteiger partial charge in [0.15, 0.2) is 17.2 Å². The Kier molecular flexibility index (Phi) is 5.78. The maximum Gasteiger partial charge on any atom is 0.272 e. The first-order valence-corrected chi connectivity index (χ1v) is 11.8. The van der Waals surface area contributed by atoms with Crippen molar-refractivity contribution in [3.05, 3.63) is 106 Å². The Bertz CT molecular complexity index is 1970. The summed E-state index contributed by atoms with van der Waals surface area (Å²) in [7, 11) is 0. The molecule has 1 unspecified atom stereocenters. The van der Waals surface area contributed by atoms with Gasteiger partial charge in [-0.25, -0.2) is 9.50 Å². The number of aromatic nitrogens is 7. The first kappa shape index (κ1) is 23.6. The lowest BCUT2D eigenvalue weighted by molar-refractivity contribution is 0.0940. The second-order valence-corrected chi connectivity index (χ2v) is 8.49. The quantitative estimate of drug-likeness (QED) is 0.335. The lowest BCUT2D eigenvalue weighted by Gasteiger charge is -2.18. The van der Waals surface area contributed by atoms with Gasteiger partial charge in [0.2, 0.25) is 0 Å². The van der Waals surface area contributed by atoms with Crippen LogP contribution in [0.2, 0.25) is 0 Å². The molecule has 6 aromatic rings. The van der Waals surface area contributed by atoms with E-state index in [0.717, 1.165) is 0 Å². The molecule has 3 N–H and O–H groups in total. The van der Waals surface area contributed by atoms with Crippen molar-refractivity contribution < 1.29 is 9.32 Å². The van der Waals surface area contributed by atoms with Crippen molar-refractivity contribution in [2.75, 3.05) is 5.73 Å². The number of amides is 1. The van der Waals surface area contributed by atoms with E-state index < -0.39 is 17.5 Å². The Morgan fingerprint density at radius 2 is 1.87 bits per heavy atom. The molecule has 1 amide bonds. The molecule has 0 fully saturated rings. The maximum atomic E-state index is 13.9. The van der Waals surface area contributed by atoms with Crippen molar-refractivity contribution in [2.24, 2.45) is 0 Å². The first-order valence-electron chi connectivity index (χ1n) is 11.8. The largest absolute Gasteiger partial charge is 0.381 e. The van der Waals surface area contributed by atoms with Crippen molar-refractivity contribution in [3.8, 4) is 17.5 Å². The number of nitrogen functional groups attached to an aromatic ring is 1. The van der Waals surface area contributed by atoms with Crippen LogP contribution in [0.5, 0.6) is 0 Å². The van der Waals surface area contributed by atoms with Crippen LogP contribution in [0.15, 0.2) is 82.6 Å². The van der Waals surface area contributed by atoms with Gasteiger partial charge in [-0.05, 0) is 43.2 Å². The topological polar surface area (TPSA) is 159 Å². The lowest BCUT2D eigenvalue weighted by atomic mass is 10.2. The number of para-hydroxylation sites is 1. The number of fused-ring (bicyclic) bond motifs is 2. The number of carbonyl (C=O) groups is 1. The van der Waals surface area contributed by atoms with Crippen LogP contribution in [0.4, 0.5) is 5.82 Å². The van der Waals surface area contributed by atoms with E-state index in [4.69, 9.17) is 10.3 Å². The zero-order valence-electron chi connectivity index (χ0n) is 20.4. The summed E-state index contributed by atoms with van der Waals surface area (Å²) in [5.41, 5.74) is 7.38. The zero-order valence-corrected chi connectivity index (χ0v) is 20.4. The van der Waals surface area contributed by atoms with E-state index in [1.54, 1.807) is 68.0 Å². The highest BCUT2D eigenvalue weighted by Gasteiger charge is 2.26. The van der Waals surface area contributed by atoms with E-state index in [0.29, 0.717) is 16.9 Å². The third kappa shape index (κ3) is 4.23. The van der Waals surface area contributed by atoms with Crippen LogP contribution in [0.3, 0.4) is 0 Å². The van der Waals surface area contributed by atoms with Gasteiger partial charge in [0.1, 0.15) is 16.8 Å². The fraction of sp³-hybridized carbons (Fsp3) is 0.0741. The van der Waals surface area contributed by atoms with Gasteiger partial charge < -0.3 is 15.6 Å². The summed E-state index contributed by atoms with van der Waals surface area (Å²) in [6.07, 6.45) is 6.42. The summed E-state index contributed by atoms with van der Waals surface area (Å²) < 4.78 is 8.23. The SMILES string of the molecule is CC(NC(=O)c1c(N)nn2cccnc12)c1nc2onc(C#Cc3ccncc3)c2c(=O)n1-c1ccccc1. The molecule has 39 heavy (non-hydrogen) atoms. The highest BCUT2D eigenvalue weighted by Crippen LogP contribution is 2.22. The fourth-order valence-corrected chi connectivity index (χ4v) is 4.14. The van der Waals surface area contributed by atoms with Crippen LogP contribution in [-0.4, -0.2) is 40.2 Å².